The first-order valence-electron chi connectivity index (χ1n) is 8.01. The minimum absolute atomic E-state index is 0.137. The molecule has 0 unspecified atom stereocenters. The fraction of sp³-hybridized carbons (Fsp3) is 0.412. The van der Waals surface area contributed by atoms with Crippen LogP contribution in [0.1, 0.15) is 31.7 Å². The van der Waals surface area contributed by atoms with Crippen molar-refractivity contribution in [1.29, 1.82) is 0 Å². The molecule has 0 bridgehead atoms. The van der Waals surface area contributed by atoms with E-state index in [1.807, 2.05) is 18.4 Å². The fourth-order valence-corrected chi connectivity index (χ4v) is 2.31. The lowest BCUT2D eigenvalue weighted by atomic mass is 10.2. The molecular weight excluding hydrogens is 314 g/mol. The monoisotopic (exact) mass is 336 g/mol. The number of urea groups is 1. The van der Waals surface area contributed by atoms with Gasteiger partial charge in [-0.05, 0) is 31.0 Å². The van der Waals surface area contributed by atoms with Crippen LogP contribution in [0.15, 0.2) is 30.6 Å². The van der Waals surface area contributed by atoms with Gasteiger partial charge >= 0.3 is 6.03 Å². The molecule has 2 amide bonds. The summed E-state index contributed by atoms with van der Waals surface area (Å²) in [5, 5.41) is 2.84. The smallest absolute Gasteiger partial charge is 0.317 e. The molecule has 0 fully saturated rings. The van der Waals surface area contributed by atoms with Gasteiger partial charge in [-0.15, -0.1) is 0 Å². The minimum atomic E-state index is -0.872. The lowest BCUT2D eigenvalue weighted by Gasteiger charge is -2.21. The number of carbonyl (C=O) groups excluding carboxylic acids is 1. The van der Waals surface area contributed by atoms with E-state index in [4.69, 9.17) is 0 Å². The molecule has 1 N–H and O–H groups in total. The Bertz CT molecular complexity index is 687. The Balaban J connectivity index is 2.08. The maximum absolute atomic E-state index is 13.3. The van der Waals surface area contributed by atoms with E-state index >= 15 is 0 Å². The summed E-state index contributed by atoms with van der Waals surface area (Å²) in [4.78, 5) is 18.0. The first-order valence-corrected chi connectivity index (χ1v) is 8.01. The van der Waals surface area contributed by atoms with Crippen LogP contribution in [-0.4, -0.2) is 33.6 Å². The molecule has 1 aromatic heterocycles. The van der Waals surface area contributed by atoms with Crippen LogP contribution in [0.5, 0.6) is 0 Å². The van der Waals surface area contributed by atoms with E-state index in [0.29, 0.717) is 37.6 Å². The summed E-state index contributed by atoms with van der Waals surface area (Å²) in [7, 11) is 0. The zero-order valence-corrected chi connectivity index (χ0v) is 13.9. The number of amides is 2. The molecule has 0 saturated heterocycles. The van der Waals surface area contributed by atoms with Crippen LogP contribution in [0.2, 0.25) is 0 Å². The van der Waals surface area contributed by atoms with Crippen molar-refractivity contribution in [2.75, 3.05) is 13.1 Å². The van der Waals surface area contributed by atoms with E-state index in [1.54, 1.807) is 17.3 Å². The molecule has 1 aromatic carbocycles. The van der Waals surface area contributed by atoms with Crippen LogP contribution in [0, 0.1) is 11.6 Å². The molecule has 0 aliphatic rings. The highest BCUT2D eigenvalue weighted by atomic mass is 19.2. The quantitative estimate of drug-likeness (QED) is 0.844. The summed E-state index contributed by atoms with van der Waals surface area (Å²) in [6, 6.07) is 3.68. The molecule has 0 aliphatic carbocycles. The van der Waals surface area contributed by atoms with Crippen LogP contribution in [0.3, 0.4) is 0 Å². The SMILES string of the molecule is CCCNC(=O)N(CC)Cc1nccn1Cc1ccc(F)c(F)c1. The third-order valence-corrected chi connectivity index (χ3v) is 3.67. The average molecular weight is 336 g/mol. The average Bonchev–Trinajstić information content (AvgIpc) is 3.00. The molecule has 0 spiro atoms. The van der Waals surface area contributed by atoms with Gasteiger partial charge in [0, 0.05) is 32.0 Å². The topological polar surface area (TPSA) is 50.2 Å². The first kappa shape index (κ1) is 17.9. The predicted octanol–water partition coefficient (Wildman–Crippen LogP) is 3.15. The summed E-state index contributed by atoms with van der Waals surface area (Å²) in [5.74, 6) is -1.05. The summed E-state index contributed by atoms with van der Waals surface area (Å²) >= 11 is 0. The summed E-state index contributed by atoms with van der Waals surface area (Å²) in [6.07, 6.45) is 4.26. The van der Waals surface area contributed by atoms with Crippen molar-refractivity contribution < 1.29 is 13.6 Å². The van der Waals surface area contributed by atoms with E-state index in [9.17, 15) is 13.6 Å². The van der Waals surface area contributed by atoms with Gasteiger partial charge in [-0.25, -0.2) is 18.6 Å². The highest BCUT2D eigenvalue weighted by molar-refractivity contribution is 5.73. The summed E-state index contributed by atoms with van der Waals surface area (Å²) < 4.78 is 28.2. The van der Waals surface area contributed by atoms with Crippen molar-refractivity contribution in [2.24, 2.45) is 0 Å². The van der Waals surface area contributed by atoms with Gasteiger partial charge in [0.2, 0.25) is 0 Å². The molecular formula is C17H22F2N4O. The van der Waals surface area contributed by atoms with Crippen LogP contribution < -0.4 is 5.32 Å². The number of imidazole rings is 1. The van der Waals surface area contributed by atoms with Gasteiger partial charge in [-0.2, -0.15) is 0 Å². The number of halogens is 2. The van der Waals surface area contributed by atoms with Gasteiger partial charge in [0.15, 0.2) is 11.6 Å². The van der Waals surface area contributed by atoms with Gasteiger partial charge in [0.25, 0.3) is 0 Å². The minimum Gasteiger partial charge on any atom is -0.338 e. The molecule has 130 valence electrons. The highest BCUT2D eigenvalue weighted by Gasteiger charge is 2.14. The van der Waals surface area contributed by atoms with Crippen LogP contribution in [0.4, 0.5) is 13.6 Å². The lowest BCUT2D eigenvalue weighted by molar-refractivity contribution is 0.196. The Morgan fingerprint density at radius 3 is 2.75 bits per heavy atom. The Morgan fingerprint density at radius 2 is 2.08 bits per heavy atom. The molecule has 2 rings (SSSR count). The van der Waals surface area contributed by atoms with Crippen molar-refractivity contribution in [3.8, 4) is 0 Å². The second kappa shape index (κ2) is 8.42. The molecule has 7 heteroatoms. The number of rotatable bonds is 7. The van der Waals surface area contributed by atoms with Gasteiger partial charge in [0.1, 0.15) is 5.82 Å². The summed E-state index contributed by atoms with van der Waals surface area (Å²) in [5.41, 5.74) is 0.631. The normalized spacial score (nSPS) is 10.7. The molecule has 24 heavy (non-hydrogen) atoms. The number of aromatic nitrogens is 2. The predicted molar refractivity (Wildman–Crippen MR) is 87.5 cm³/mol. The van der Waals surface area contributed by atoms with Crippen LogP contribution in [-0.2, 0) is 13.1 Å². The Morgan fingerprint density at radius 1 is 1.29 bits per heavy atom. The highest BCUT2D eigenvalue weighted by Crippen LogP contribution is 2.12. The number of benzene rings is 1. The van der Waals surface area contributed by atoms with Crippen molar-refractivity contribution in [1.82, 2.24) is 19.8 Å². The van der Waals surface area contributed by atoms with E-state index in [0.717, 1.165) is 12.5 Å². The Labute approximate surface area is 140 Å². The number of carbonyl (C=O) groups is 1. The number of hydrogen-bond acceptors (Lipinski definition) is 2. The van der Waals surface area contributed by atoms with Crippen LogP contribution in [0.25, 0.3) is 0 Å². The first-order chi connectivity index (χ1) is 11.5. The molecule has 0 saturated carbocycles. The second-order valence-electron chi connectivity index (χ2n) is 5.47. The molecule has 0 radical (unpaired) electrons. The van der Waals surface area contributed by atoms with Gasteiger partial charge in [-0.3, -0.25) is 0 Å². The Hall–Kier alpha value is -2.44. The fourth-order valence-electron chi connectivity index (χ4n) is 2.31. The van der Waals surface area contributed by atoms with E-state index in [1.165, 1.54) is 12.1 Å². The largest absolute Gasteiger partial charge is 0.338 e. The van der Waals surface area contributed by atoms with Crippen LogP contribution >= 0.6 is 0 Å². The Kier molecular flexibility index (Phi) is 6.28. The lowest BCUT2D eigenvalue weighted by Crippen LogP contribution is -2.40. The van der Waals surface area contributed by atoms with Crippen molar-refractivity contribution in [3.63, 3.8) is 0 Å². The van der Waals surface area contributed by atoms with E-state index in [-0.39, 0.29) is 6.03 Å². The number of nitrogens with one attached hydrogen (secondary N) is 1. The second-order valence-corrected chi connectivity index (χ2v) is 5.47. The summed E-state index contributed by atoms with van der Waals surface area (Å²) in [6.45, 7) is 5.77. The molecule has 5 nitrogen and oxygen atoms in total. The number of nitrogens with zero attached hydrogens (tertiary/aromatic N) is 3. The van der Waals surface area contributed by atoms with Gasteiger partial charge in [-0.1, -0.05) is 13.0 Å². The third kappa shape index (κ3) is 4.53. The molecule has 1 heterocycles. The molecule has 2 aromatic rings. The van der Waals surface area contributed by atoms with Crippen molar-refractivity contribution in [3.05, 3.63) is 53.6 Å². The van der Waals surface area contributed by atoms with Crippen molar-refractivity contribution >= 4 is 6.03 Å². The zero-order chi connectivity index (χ0) is 17.5. The van der Waals surface area contributed by atoms with Gasteiger partial charge < -0.3 is 14.8 Å². The third-order valence-electron chi connectivity index (χ3n) is 3.67. The zero-order valence-electron chi connectivity index (χ0n) is 13.9. The van der Waals surface area contributed by atoms with Gasteiger partial charge in [0.05, 0.1) is 6.54 Å². The van der Waals surface area contributed by atoms with E-state index in [2.05, 4.69) is 10.3 Å². The van der Waals surface area contributed by atoms with Crippen molar-refractivity contribution in [2.45, 2.75) is 33.4 Å². The standard InChI is InChI=1S/C17H22F2N4O/c1-3-7-21-17(24)22(4-2)12-16-20-8-9-23(16)11-13-5-6-14(18)15(19)10-13/h5-6,8-10H,3-4,7,11-12H2,1-2H3,(H,21,24). The van der Waals surface area contributed by atoms with E-state index < -0.39 is 11.6 Å². The maximum atomic E-state index is 13.3. The maximum Gasteiger partial charge on any atom is 0.317 e. The molecule has 0 aliphatic heterocycles. The molecule has 0 atom stereocenters. The number of hydrogen-bond donors (Lipinski definition) is 1.